The van der Waals surface area contributed by atoms with Crippen LogP contribution in [0.4, 0.5) is 11.5 Å². The first-order chi connectivity index (χ1) is 10.1. The third-order valence-corrected chi connectivity index (χ3v) is 3.36. The van der Waals surface area contributed by atoms with Crippen LogP contribution in [0, 0.1) is 12.3 Å². The van der Waals surface area contributed by atoms with Crippen LogP contribution in [0.15, 0.2) is 42.7 Å². The van der Waals surface area contributed by atoms with Crippen LogP contribution in [0.1, 0.15) is 11.3 Å². The van der Waals surface area contributed by atoms with Crippen molar-refractivity contribution in [3.63, 3.8) is 0 Å². The van der Waals surface area contributed by atoms with E-state index < -0.39 is 0 Å². The van der Waals surface area contributed by atoms with Crippen LogP contribution in [-0.2, 0) is 0 Å². The zero-order valence-corrected chi connectivity index (χ0v) is 11.9. The van der Waals surface area contributed by atoms with Crippen molar-refractivity contribution >= 4 is 22.9 Å². The van der Waals surface area contributed by atoms with Gasteiger partial charge in [0.25, 0.3) is 0 Å². The Bertz CT molecular complexity index is 820. The van der Waals surface area contributed by atoms with Crippen molar-refractivity contribution in [1.29, 1.82) is 5.41 Å². The SMILES string of the molecule is Cc1cc2c(N(C)c3ccccc3C(=N)N)nccn2n1. The van der Waals surface area contributed by atoms with Crippen LogP contribution in [0.5, 0.6) is 0 Å². The van der Waals surface area contributed by atoms with Gasteiger partial charge in [-0.1, -0.05) is 12.1 Å². The summed E-state index contributed by atoms with van der Waals surface area (Å²) in [6.45, 7) is 1.94. The van der Waals surface area contributed by atoms with Gasteiger partial charge in [-0.15, -0.1) is 0 Å². The van der Waals surface area contributed by atoms with Crippen LogP contribution in [0.3, 0.4) is 0 Å². The minimum atomic E-state index is 0.0362. The van der Waals surface area contributed by atoms with Gasteiger partial charge in [-0.25, -0.2) is 9.50 Å². The van der Waals surface area contributed by atoms with Gasteiger partial charge in [0.1, 0.15) is 11.4 Å². The summed E-state index contributed by atoms with van der Waals surface area (Å²) in [4.78, 5) is 6.37. The maximum atomic E-state index is 7.71. The second-order valence-corrected chi connectivity index (χ2v) is 4.86. The van der Waals surface area contributed by atoms with Gasteiger partial charge in [0.15, 0.2) is 5.82 Å². The number of rotatable bonds is 3. The number of aromatic nitrogens is 3. The number of para-hydroxylation sites is 1. The molecule has 2 heterocycles. The molecule has 0 saturated heterocycles. The molecule has 0 fully saturated rings. The van der Waals surface area contributed by atoms with E-state index in [1.807, 2.05) is 55.4 Å². The van der Waals surface area contributed by atoms with Crippen LogP contribution < -0.4 is 10.6 Å². The van der Waals surface area contributed by atoms with Gasteiger partial charge >= 0.3 is 0 Å². The third-order valence-electron chi connectivity index (χ3n) is 3.36. The molecule has 0 radical (unpaired) electrons. The number of fused-ring (bicyclic) bond motifs is 1. The van der Waals surface area contributed by atoms with E-state index >= 15 is 0 Å². The van der Waals surface area contributed by atoms with E-state index in [4.69, 9.17) is 11.1 Å². The molecule has 0 atom stereocenters. The fourth-order valence-electron chi connectivity index (χ4n) is 2.40. The number of nitrogens with one attached hydrogen (secondary N) is 1. The second-order valence-electron chi connectivity index (χ2n) is 4.86. The maximum Gasteiger partial charge on any atom is 0.158 e. The molecule has 1 aromatic carbocycles. The van der Waals surface area contributed by atoms with E-state index in [1.165, 1.54) is 0 Å². The highest BCUT2D eigenvalue weighted by atomic mass is 15.3. The third kappa shape index (κ3) is 2.20. The summed E-state index contributed by atoms with van der Waals surface area (Å²) >= 11 is 0. The Balaban J connectivity index is 2.17. The van der Waals surface area contributed by atoms with E-state index in [0.717, 1.165) is 22.7 Å². The van der Waals surface area contributed by atoms with Gasteiger partial charge in [0.05, 0.1) is 11.4 Å². The van der Waals surface area contributed by atoms with Gasteiger partial charge in [0, 0.05) is 25.0 Å². The standard InChI is InChI=1S/C15H16N6/c1-10-9-13-15(18-7-8-21(13)19-10)20(2)12-6-4-3-5-11(12)14(16)17/h3-9H,1-2H3,(H3,16,17). The van der Waals surface area contributed by atoms with Crippen molar-refractivity contribution in [3.05, 3.63) is 54.0 Å². The fourth-order valence-corrected chi connectivity index (χ4v) is 2.40. The summed E-state index contributed by atoms with van der Waals surface area (Å²) in [5, 5.41) is 12.1. The first-order valence-corrected chi connectivity index (χ1v) is 6.56. The molecular weight excluding hydrogens is 264 g/mol. The number of hydrogen-bond donors (Lipinski definition) is 2. The van der Waals surface area contributed by atoms with Crippen LogP contribution in [0.2, 0.25) is 0 Å². The smallest absolute Gasteiger partial charge is 0.158 e. The predicted octanol–water partition coefficient (Wildman–Crippen LogP) is 2.09. The van der Waals surface area contributed by atoms with E-state index in [1.54, 1.807) is 10.7 Å². The molecule has 0 amide bonds. The number of anilines is 2. The lowest BCUT2D eigenvalue weighted by Crippen LogP contribution is -2.19. The first kappa shape index (κ1) is 13.1. The molecule has 0 spiro atoms. The highest BCUT2D eigenvalue weighted by Gasteiger charge is 2.15. The van der Waals surface area contributed by atoms with Crippen molar-refractivity contribution in [1.82, 2.24) is 14.6 Å². The Morgan fingerprint density at radius 1 is 1.33 bits per heavy atom. The maximum absolute atomic E-state index is 7.71. The molecule has 0 aliphatic rings. The largest absolute Gasteiger partial charge is 0.384 e. The molecule has 3 aromatic rings. The lowest BCUT2D eigenvalue weighted by atomic mass is 10.1. The summed E-state index contributed by atoms with van der Waals surface area (Å²) < 4.78 is 1.80. The van der Waals surface area contributed by atoms with E-state index in [2.05, 4.69) is 10.1 Å². The van der Waals surface area contributed by atoms with Gasteiger partial charge in [-0.2, -0.15) is 5.10 Å². The Kier molecular flexibility index (Phi) is 3.06. The molecule has 21 heavy (non-hydrogen) atoms. The number of benzene rings is 1. The van der Waals surface area contributed by atoms with E-state index in [-0.39, 0.29) is 5.84 Å². The van der Waals surface area contributed by atoms with Gasteiger partial charge < -0.3 is 10.6 Å². The average Bonchev–Trinajstić information content (AvgIpc) is 2.86. The quantitative estimate of drug-likeness (QED) is 0.568. The van der Waals surface area contributed by atoms with Crippen molar-refractivity contribution < 1.29 is 0 Å². The molecular formula is C15H16N6. The highest BCUT2D eigenvalue weighted by Crippen LogP contribution is 2.28. The summed E-state index contributed by atoms with van der Waals surface area (Å²) in [6, 6.07) is 9.52. The molecule has 0 saturated carbocycles. The molecule has 6 nitrogen and oxygen atoms in total. The zero-order valence-electron chi connectivity index (χ0n) is 11.9. The Morgan fingerprint density at radius 3 is 2.86 bits per heavy atom. The van der Waals surface area contributed by atoms with Gasteiger partial charge in [-0.3, -0.25) is 5.41 Å². The second kappa shape index (κ2) is 4.90. The van der Waals surface area contributed by atoms with Gasteiger partial charge in [-0.05, 0) is 25.1 Å². The number of nitrogens with zero attached hydrogens (tertiary/aromatic N) is 4. The van der Waals surface area contributed by atoms with E-state index in [9.17, 15) is 0 Å². The topological polar surface area (TPSA) is 83.3 Å². The number of aryl methyl sites for hydroxylation is 1. The lowest BCUT2D eigenvalue weighted by Gasteiger charge is -2.21. The van der Waals surface area contributed by atoms with Crippen molar-refractivity contribution in [2.75, 3.05) is 11.9 Å². The average molecular weight is 280 g/mol. The molecule has 0 aliphatic heterocycles. The van der Waals surface area contributed by atoms with Gasteiger partial charge in [0.2, 0.25) is 0 Å². The Hall–Kier alpha value is -2.89. The summed E-state index contributed by atoms with van der Waals surface area (Å²) in [5.41, 5.74) is 9.02. The number of nitrogen functional groups attached to an aromatic ring is 1. The molecule has 3 N–H and O–H groups in total. The summed E-state index contributed by atoms with van der Waals surface area (Å²) in [6.07, 6.45) is 3.53. The van der Waals surface area contributed by atoms with Crippen molar-refractivity contribution in [2.24, 2.45) is 5.73 Å². The molecule has 6 heteroatoms. The minimum absolute atomic E-state index is 0.0362. The number of amidine groups is 1. The summed E-state index contributed by atoms with van der Waals surface area (Å²) in [5.74, 6) is 0.806. The van der Waals surface area contributed by atoms with Crippen molar-refractivity contribution in [3.8, 4) is 0 Å². The van der Waals surface area contributed by atoms with Crippen LogP contribution >= 0.6 is 0 Å². The molecule has 0 aliphatic carbocycles. The highest BCUT2D eigenvalue weighted by molar-refractivity contribution is 6.01. The number of nitrogens with two attached hydrogens (primary N) is 1. The Morgan fingerprint density at radius 2 is 2.10 bits per heavy atom. The molecule has 106 valence electrons. The molecule has 0 unspecified atom stereocenters. The van der Waals surface area contributed by atoms with Crippen LogP contribution in [0.25, 0.3) is 5.52 Å². The molecule has 3 rings (SSSR count). The normalized spacial score (nSPS) is 10.8. The minimum Gasteiger partial charge on any atom is -0.384 e. The number of hydrogen-bond acceptors (Lipinski definition) is 4. The fraction of sp³-hybridized carbons (Fsp3) is 0.133. The zero-order chi connectivity index (χ0) is 15.0. The van der Waals surface area contributed by atoms with E-state index in [0.29, 0.717) is 5.56 Å². The summed E-state index contributed by atoms with van der Waals surface area (Å²) in [7, 11) is 1.91. The Labute approximate surface area is 122 Å². The predicted molar refractivity (Wildman–Crippen MR) is 83.2 cm³/mol. The monoisotopic (exact) mass is 280 g/mol. The molecule has 2 aromatic heterocycles. The first-order valence-electron chi connectivity index (χ1n) is 6.56. The van der Waals surface area contributed by atoms with Crippen LogP contribution in [-0.4, -0.2) is 27.5 Å². The molecule has 0 bridgehead atoms. The van der Waals surface area contributed by atoms with Crippen molar-refractivity contribution in [2.45, 2.75) is 6.92 Å². The lowest BCUT2D eigenvalue weighted by molar-refractivity contribution is 0.917.